The average Bonchev–Trinajstić information content (AvgIpc) is 2.77. The van der Waals surface area contributed by atoms with Crippen LogP contribution >= 0.6 is 0 Å². The molecule has 1 unspecified atom stereocenters. The van der Waals surface area contributed by atoms with Gasteiger partial charge in [-0.25, -0.2) is 0 Å². The van der Waals surface area contributed by atoms with Crippen LogP contribution in [0.4, 0.5) is 5.69 Å². The highest BCUT2D eigenvalue weighted by Gasteiger charge is 2.44. The Kier molecular flexibility index (Phi) is 3.58. The molecule has 1 aromatic rings. The molecule has 0 aliphatic carbocycles. The summed E-state index contributed by atoms with van der Waals surface area (Å²) in [6.07, 6.45) is 5.40. The number of nitrogens with zero attached hydrogens (tertiary/aromatic N) is 1. The van der Waals surface area contributed by atoms with E-state index in [1.165, 1.54) is 6.07 Å². The smallest absolute Gasteiger partial charge is 0.262 e. The molecule has 0 radical (unpaired) electrons. The molecular weight excluding hydrogens is 298 g/mol. The lowest BCUT2D eigenvalue weighted by Gasteiger charge is -2.27. The van der Waals surface area contributed by atoms with E-state index in [0.29, 0.717) is 5.69 Å². The lowest BCUT2D eigenvalue weighted by atomic mass is 10.0. The number of amides is 4. The van der Waals surface area contributed by atoms with Crippen molar-refractivity contribution in [2.24, 2.45) is 0 Å². The van der Waals surface area contributed by atoms with E-state index in [0.717, 1.165) is 4.90 Å². The summed E-state index contributed by atoms with van der Waals surface area (Å²) in [4.78, 5) is 49.1. The number of rotatable bonds is 3. The van der Waals surface area contributed by atoms with E-state index in [9.17, 15) is 19.2 Å². The highest BCUT2D eigenvalue weighted by Crippen LogP contribution is 2.29. The summed E-state index contributed by atoms with van der Waals surface area (Å²) >= 11 is 0. The molecule has 1 aromatic carbocycles. The molecule has 0 aromatic heterocycles. The van der Waals surface area contributed by atoms with E-state index in [-0.39, 0.29) is 30.5 Å². The number of anilines is 1. The van der Waals surface area contributed by atoms with Crippen LogP contribution < -0.4 is 10.6 Å². The van der Waals surface area contributed by atoms with Gasteiger partial charge in [0.1, 0.15) is 6.04 Å². The minimum atomic E-state index is -0.956. The topological polar surface area (TPSA) is 95.6 Å². The normalized spacial score (nSPS) is 20.1. The van der Waals surface area contributed by atoms with Gasteiger partial charge in [0.2, 0.25) is 11.8 Å². The first kappa shape index (κ1) is 14.8. The van der Waals surface area contributed by atoms with Gasteiger partial charge in [0, 0.05) is 12.1 Å². The molecule has 2 heterocycles. The predicted molar refractivity (Wildman–Crippen MR) is 80.4 cm³/mol. The molecule has 1 saturated heterocycles. The zero-order valence-electron chi connectivity index (χ0n) is 12.1. The van der Waals surface area contributed by atoms with Crippen LogP contribution in [0.5, 0.6) is 0 Å². The molecule has 1 atom stereocenters. The molecule has 0 bridgehead atoms. The van der Waals surface area contributed by atoms with Gasteiger partial charge in [-0.1, -0.05) is 5.92 Å². The summed E-state index contributed by atoms with van der Waals surface area (Å²) in [6.45, 7) is 0.289. The van der Waals surface area contributed by atoms with Gasteiger partial charge in [0.25, 0.3) is 11.8 Å². The Morgan fingerprint density at radius 2 is 1.96 bits per heavy atom. The third-order valence-corrected chi connectivity index (χ3v) is 3.83. The predicted octanol–water partition coefficient (Wildman–Crippen LogP) is 0.133. The van der Waals surface area contributed by atoms with Crippen molar-refractivity contribution in [3.05, 3.63) is 29.3 Å². The number of imide groups is 2. The zero-order valence-corrected chi connectivity index (χ0v) is 12.1. The third-order valence-electron chi connectivity index (χ3n) is 3.83. The fraction of sp³-hybridized carbons (Fsp3) is 0.250. The molecule has 2 N–H and O–H groups in total. The van der Waals surface area contributed by atoms with Crippen LogP contribution in [0.25, 0.3) is 0 Å². The van der Waals surface area contributed by atoms with E-state index >= 15 is 0 Å². The van der Waals surface area contributed by atoms with Crippen molar-refractivity contribution in [3.8, 4) is 12.3 Å². The first-order valence-corrected chi connectivity index (χ1v) is 7.06. The Morgan fingerprint density at radius 1 is 1.22 bits per heavy atom. The van der Waals surface area contributed by atoms with Gasteiger partial charge in [-0.05, 0) is 24.6 Å². The number of nitrogens with one attached hydrogen (secondary N) is 2. The van der Waals surface area contributed by atoms with Crippen molar-refractivity contribution >= 4 is 29.3 Å². The number of piperidine rings is 1. The summed E-state index contributed by atoms with van der Waals surface area (Å²) in [6, 6.07) is 3.76. The molecule has 4 amide bonds. The van der Waals surface area contributed by atoms with Crippen molar-refractivity contribution in [3.63, 3.8) is 0 Å². The van der Waals surface area contributed by atoms with Crippen LogP contribution in [0.15, 0.2) is 18.2 Å². The van der Waals surface area contributed by atoms with E-state index in [1.54, 1.807) is 12.1 Å². The van der Waals surface area contributed by atoms with E-state index in [4.69, 9.17) is 6.42 Å². The summed E-state index contributed by atoms with van der Waals surface area (Å²) in [5.74, 6) is 0.330. The molecule has 23 heavy (non-hydrogen) atoms. The number of carbonyl (C=O) groups is 4. The first-order chi connectivity index (χ1) is 11.0. The quantitative estimate of drug-likeness (QED) is 0.611. The van der Waals surface area contributed by atoms with Crippen molar-refractivity contribution in [1.82, 2.24) is 10.2 Å². The zero-order chi connectivity index (χ0) is 16.6. The minimum absolute atomic E-state index is 0.0960. The van der Waals surface area contributed by atoms with E-state index in [2.05, 4.69) is 16.6 Å². The van der Waals surface area contributed by atoms with Crippen molar-refractivity contribution in [2.45, 2.75) is 18.9 Å². The maximum absolute atomic E-state index is 12.5. The lowest BCUT2D eigenvalue weighted by Crippen LogP contribution is -2.54. The van der Waals surface area contributed by atoms with Crippen LogP contribution in [0.2, 0.25) is 0 Å². The Hall–Kier alpha value is -3.14. The number of fused-ring (bicyclic) bond motifs is 1. The molecule has 2 aliphatic rings. The Balaban J connectivity index is 1.90. The van der Waals surface area contributed by atoms with Gasteiger partial charge in [0.15, 0.2) is 0 Å². The maximum atomic E-state index is 12.5. The van der Waals surface area contributed by atoms with Gasteiger partial charge in [0.05, 0.1) is 17.7 Å². The maximum Gasteiger partial charge on any atom is 0.262 e. The Labute approximate surface area is 132 Å². The summed E-state index contributed by atoms with van der Waals surface area (Å²) in [5.41, 5.74) is 1.08. The molecular formula is C16H13N3O4. The SMILES string of the molecule is C#CCNc1ccc2c(c1)C(=O)N(C1CCC(=O)NC1=O)C2=O. The second-order valence-corrected chi connectivity index (χ2v) is 5.27. The average molecular weight is 311 g/mol. The Bertz CT molecular complexity index is 778. The van der Waals surface area contributed by atoms with Gasteiger partial charge >= 0.3 is 0 Å². The molecule has 0 spiro atoms. The van der Waals surface area contributed by atoms with Crippen LogP contribution in [0, 0.1) is 12.3 Å². The fourth-order valence-electron chi connectivity index (χ4n) is 2.73. The van der Waals surface area contributed by atoms with Gasteiger partial charge < -0.3 is 5.32 Å². The second kappa shape index (κ2) is 5.57. The minimum Gasteiger partial charge on any atom is -0.374 e. The van der Waals surface area contributed by atoms with Crippen molar-refractivity contribution in [2.75, 3.05) is 11.9 Å². The highest BCUT2D eigenvalue weighted by molar-refractivity contribution is 6.23. The molecule has 7 heteroatoms. The molecule has 7 nitrogen and oxygen atoms in total. The first-order valence-electron chi connectivity index (χ1n) is 7.06. The van der Waals surface area contributed by atoms with E-state index in [1.807, 2.05) is 0 Å². The second-order valence-electron chi connectivity index (χ2n) is 5.27. The fourth-order valence-corrected chi connectivity index (χ4v) is 2.73. The van der Waals surface area contributed by atoms with Crippen molar-refractivity contribution in [1.29, 1.82) is 0 Å². The molecule has 3 rings (SSSR count). The lowest BCUT2D eigenvalue weighted by molar-refractivity contribution is -0.136. The van der Waals surface area contributed by atoms with Crippen LogP contribution in [-0.2, 0) is 9.59 Å². The van der Waals surface area contributed by atoms with Gasteiger partial charge in [-0.2, -0.15) is 0 Å². The number of hydrogen-bond donors (Lipinski definition) is 2. The van der Waals surface area contributed by atoms with Gasteiger partial charge in [-0.15, -0.1) is 6.42 Å². The van der Waals surface area contributed by atoms with Crippen LogP contribution in [0.3, 0.4) is 0 Å². The molecule has 1 fully saturated rings. The number of carbonyl (C=O) groups excluding carboxylic acids is 4. The summed E-state index contributed by atoms with van der Waals surface area (Å²) in [7, 11) is 0. The third kappa shape index (κ3) is 2.44. The van der Waals surface area contributed by atoms with E-state index < -0.39 is 29.7 Å². The molecule has 2 aliphatic heterocycles. The summed E-state index contributed by atoms with van der Waals surface area (Å²) < 4.78 is 0. The molecule has 0 saturated carbocycles. The van der Waals surface area contributed by atoms with Gasteiger partial charge in [-0.3, -0.25) is 29.4 Å². The highest BCUT2D eigenvalue weighted by atomic mass is 16.2. The van der Waals surface area contributed by atoms with Crippen LogP contribution in [-0.4, -0.2) is 41.1 Å². The largest absolute Gasteiger partial charge is 0.374 e. The van der Waals surface area contributed by atoms with Crippen molar-refractivity contribution < 1.29 is 19.2 Å². The van der Waals surface area contributed by atoms with Crippen LogP contribution in [0.1, 0.15) is 33.6 Å². The molecule has 116 valence electrons. The monoisotopic (exact) mass is 311 g/mol. The summed E-state index contributed by atoms with van der Waals surface area (Å²) in [5, 5.41) is 5.08. The number of benzene rings is 1. The Morgan fingerprint density at radius 3 is 2.65 bits per heavy atom. The standard InChI is InChI=1S/C16H13N3O4/c1-2-7-17-9-3-4-10-11(8-9)16(23)19(15(10)22)12-5-6-13(20)18-14(12)21/h1,3-4,8,12,17H,5-7H2,(H,18,20,21). The number of terminal acetylenes is 1. The number of hydrogen-bond acceptors (Lipinski definition) is 5.